The molecule has 1 amide bonds. The van der Waals surface area contributed by atoms with Crippen molar-refractivity contribution in [3.63, 3.8) is 0 Å². The van der Waals surface area contributed by atoms with Crippen LogP contribution < -0.4 is 4.74 Å². The van der Waals surface area contributed by atoms with Crippen molar-refractivity contribution in [3.8, 4) is 5.75 Å². The molecule has 1 N–H and O–H groups in total. The molecule has 2 aromatic rings. The van der Waals surface area contributed by atoms with Gasteiger partial charge in [-0.2, -0.15) is 13.2 Å². The molecule has 3 rings (SSSR count). The summed E-state index contributed by atoms with van der Waals surface area (Å²) in [6.07, 6.45) is -4.65. The van der Waals surface area contributed by atoms with Crippen molar-refractivity contribution < 1.29 is 37.3 Å². The van der Waals surface area contributed by atoms with Crippen molar-refractivity contribution in [1.82, 2.24) is 19.8 Å². The molecule has 1 fully saturated rings. The molecule has 2 atom stereocenters. The molecule has 0 saturated carbocycles. The predicted molar refractivity (Wildman–Crippen MR) is 125 cm³/mol. The minimum atomic E-state index is -4.59. The van der Waals surface area contributed by atoms with Gasteiger partial charge in [0.05, 0.1) is 6.20 Å². The number of hydrogen-bond donors (Lipinski definition) is 1. The maximum absolute atomic E-state index is 13.2. The molecule has 3 heterocycles. The first-order valence-electron chi connectivity index (χ1n) is 11.2. The van der Waals surface area contributed by atoms with E-state index in [-0.39, 0.29) is 29.0 Å². The number of aromatic carboxylic acids is 1. The third-order valence-corrected chi connectivity index (χ3v) is 6.32. The van der Waals surface area contributed by atoms with Crippen molar-refractivity contribution in [1.29, 1.82) is 0 Å². The average Bonchev–Trinajstić information content (AvgIpc) is 3.22. The Bertz CT molecular complexity index is 1100. The number of thiazole rings is 1. The summed E-state index contributed by atoms with van der Waals surface area (Å²) in [6.45, 7) is 10.3. The second kappa shape index (κ2) is 10.6. The second-order valence-electron chi connectivity index (χ2n) is 9.60. The van der Waals surface area contributed by atoms with Gasteiger partial charge in [-0.3, -0.25) is 4.90 Å². The number of carbonyl (C=O) groups excluding carboxylic acids is 1. The Morgan fingerprint density at radius 1 is 1.28 bits per heavy atom. The number of piperazine rings is 1. The van der Waals surface area contributed by atoms with Gasteiger partial charge < -0.3 is 19.5 Å². The van der Waals surface area contributed by atoms with E-state index in [2.05, 4.69) is 9.97 Å². The molecule has 0 aromatic carbocycles. The lowest BCUT2D eigenvalue weighted by Crippen LogP contribution is -2.55. The fourth-order valence-corrected chi connectivity index (χ4v) is 4.60. The molecule has 0 aliphatic carbocycles. The van der Waals surface area contributed by atoms with Gasteiger partial charge in [-0.25, -0.2) is 19.6 Å². The van der Waals surface area contributed by atoms with E-state index in [4.69, 9.17) is 9.47 Å². The fourth-order valence-electron chi connectivity index (χ4n) is 3.76. The largest absolute Gasteiger partial charge is 0.480 e. The number of amides is 1. The van der Waals surface area contributed by atoms with Crippen LogP contribution in [0.15, 0.2) is 17.6 Å². The Kier molecular flexibility index (Phi) is 8.13. The van der Waals surface area contributed by atoms with Gasteiger partial charge in [-0.15, -0.1) is 11.3 Å². The summed E-state index contributed by atoms with van der Waals surface area (Å²) in [5.41, 5.74) is -1.42. The Labute approximate surface area is 210 Å². The van der Waals surface area contributed by atoms with E-state index in [0.29, 0.717) is 25.2 Å². The van der Waals surface area contributed by atoms with Crippen LogP contribution >= 0.6 is 11.3 Å². The molecular formula is C23H29F3N4O5S. The summed E-state index contributed by atoms with van der Waals surface area (Å²) < 4.78 is 51.0. The lowest BCUT2D eigenvalue weighted by atomic mass is 10.1. The highest BCUT2D eigenvalue weighted by Gasteiger charge is 2.36. The maximum atomic E-state index is 13.2. The first kappa shape index (κ1) is 27.7. The number of pyridine rings is 1. The highest BCUT2D eigenvalue weighted by molar-refractivity contribution is 7.09. The first-order chi connectivity index (χ1) is 16.6. The molecule has 1 aliphatic heterocycles. The van der Waals surface area contributed by atoms with E-state index in [0.717, 1.165) is 16.7 Å². The number of carboxylic acid groups (broad SMARTS) is 1. The smallest absolute Gasteiger partial charge is 0.434 e. The summed E-state index contributed by atoms with van der Waals surface area (Å²) in [5.74, 6) is -0.978. The third-order valence-electron chi connectivity index (χ3n) is 5.39. The number of nitrogens with zero attached hydrogens (tertiary/aromatic N) is 4. The third kappa shape index (κ3) is 7.06. The predicted octanol–water partition coefficient (Wildman–Crippen LogP) is 4.62. The van der Waals surface area contributed by atoms with Gasteiger partial charge in [0.1, 0.15) is 16.4 Å². The van der Waals surface area contributed by atoms with Crippen molar-refractivity contribution in [2.75, 3.05) is 26.2 Å². The standard InChI is InChI=1S/C23H29F3N4O5S/c1-13-8-15(9-27-18(13)20(31)32)34-16(19-28-17(12-36-19)23(24,25)26)11-29-6-7-30(14(2)10-29)21(33)35-22(3,4)5/h8-9,12,14,16H,6-7,10-11H2,1-5H3,(H,31,32)/t14-,16?/m1/s1. The Morgan fingerprint density at radius 3 is 2.50 bits per heavy atom. The first-order valence-corrected chi connectivity index (χ1v) is 12.1. The zero-order valence-electron chi connectivity index (χ0n) is 20.6. The molecule has 0 bridgehead atoms. The van der Waals surface area contributed by atoms with Gasteiger partial charge in [-0.1, -0.05) is 0 Å². The van der Waals surface area contributed by atoms with E-state index < -0.39 is 35.6 Å². The van der Waals surface area contributed by atoms with Crippen LogP contribution in [0, 0.1) is 6.92 Å². The number of hydrogen-bond acceptors (Lipinski definition) is 8. The second-order valence-corrected chi connectivity index (χ2v) is 10.5. The topological polar surface area (TPSA) is 105 Å². The Balaban J connectivity index is 1.78. The van der Waals surface area contributed by atoms with Crippen LogP contribution in [-0.4, -0.2) is 74.8 Å². The fraction of sp³-hybridized carbons (Fsp3) is 0.565. The van der Waals surface area contributed by atoms with Gasteiger partial charge in [0.15, 0.2) is 17.5 Å². The normalized spacial score (nSPS) is 18.1. The van der Waals surface area contributed by atoms with Crippen molar-refractivity contribution in [2.24, 2.45) is 0 Å². The van der Waals surface area contributed by atoms with E-state index in [1.807, 2.05) is 11.8 Å². The van der Waals surface area contributed by atoms with Gasteiger partial charge >= 0.3 is 18.2 Å². The van der Waals surface area contributed by atoms with Gasteiger partial charge in [0, 0.05) is 37.6 Å². The summed E-state index contributed by atoms with van der Waals surface area (Å²) >= 11 is 0.835. The number of carbonyl (C=O) groups is 2. The summed E-state index contributed by atoms with van der Waals surface area (Å²) in [4.78, 5) is 35.0. The van der Waals surface area contributed by atoms with Crippen LogP contribution in [0.4, 0.5) is 18.0 Å². The number of carboxylic acids is 1. The number of ether oxygens (including phenoxy) is 2. The molecule has 2 aromatic heterocycles. The summed E-state index contributed by atoms with van der Waals surface area (Å²) in [5, 5.41) is 10.3. The zero-order chi connectivity index (χ0) is 26.8. The molecule has 0 spiro atoms. The zero-order valence-corrected chi connectivity index (χ0v) is 21.4. The van der Waals surface area contributed by atoms with Gasteiger partial charge in [0.2, 0.25) is 0 Å². The molecule has 36 heavy (non-hydrogen) atoms. The van der Waals surface area contributed by atoms with Crippen LogP contribution in [0.25, 0.3) is 0 Å². The monoisotopic (exact) mass is 530 g/mol. The van der Waals surface area contributed by atoms with E-state index in [1.54, 1.807) is 32.6 Å². The van der Waals surface area contributed by atoms with Gasteiger partial charge in [0.25, 0.3) is 0 Å². The molecule has 0 radical (unpaired) electrons. The lowest BCUT2D eigenvalue weighted by Gasteiger charge is -2.41. The van der Waals surface area contributed by atoms with Crippen molar-refractivity contribution >= 4 is 23.4 Å². The lowest BCUT2D eigenvalue weighted by molar-refractivity contribution is -0.140. The SMILES string of the molecule is Cc1cc(OC(CN2CCN(C(=O)OC(C)(C)C)[C@H](C)C2)c2nc(C(F)(F)F)cs2)cnc1C(=O)O. The molecular weight excluding hydrogens is 501 g/mol. The van der Waals surface area contributed by atoms with Crippen LogP contribution in [0.5, 0.6) is 5.75 Å². The molecule has 1 unspecified atom stereocenters. The maximum Gasteiger partial charge on any atom is 0.434 e. The minimum Gasteiger partial charge on any atom is -0.480 e. The Hall–Kier alpha value is -2.93. The van der Waals surface area contributed by atoms with Crippen LogP contribution in [-0.2, 0) is 10.9 Å². The number of rotatable bonds is 6. The van der Waals surface area contributed by atoms with E-state index >= 15 is 0 Å². The summed E-state index contributed by atoms with van der Waals surface area (Å²) in [7, 11) is 0. The highest BCUT2D eigenvalue weighted by atomic mass is 32.1. The highest BCUT2D eigenvalue weighted by Crippen LogP contribution is 2.34. The van der Waals surface area contributed by atoms with E-state index in [9.17, 15) is 27.9 Å². The summed E-state index contributed by atoms with van der Waals surface area (Å²) in [6, 6.07) is 1.28. The molecule has 198 valence electrons. The van der Waals surface area contributed by atoms with Gasteiger partial charge in [-0.05, 0) is 46.2 Å². The molecule has 1 saturated heterocycles. The van der Waals surface area contributed by atoms with Crippen molar-refractivity contribution in [2.45, 2.75) is 58.5 Å². The number of alkyl halides is 3. The van der Waals surface area contributed by atoms with Crippen LogP contribution in [0.3, 0.4) is 0 Å². The minimum absolute atomic E-state index is 0.129. The quantitative estimate of drug-likeness (QED) is 0.577. The number of halogens is 3. The average molecular weight is 531 g/mol. The van der Waals surface area contributed by atoms with Crippen LogP contribution in [0.1, 0.15) is 60.6 Å². The number of aromatic nitrogens is 2. The van der Waals surface area contributed by atoms with Crippen LogP contribution in [0.2, 0.25) is 0 Å². The van der Waals surface area contributed by atoms with Crippen molar-refractivity contribution in [3.05, 3.63) is 39.6 Å². The Morgan fingerprint density at radius 2 is 1.97 bits per heavy atom. The van der Waals surface area contributed by atoms with E-state index in [1.165, 1.54) is 12.3 Å². The molecule has 1 aliphatic rings. The molecule has 13 heteroatoms. The molecule has 9 nitrogen and oxygen atoms in total. The number of aryl methyl sites for hydroxylation is 1.